The number of aromatic amines is 1. The van der Waals surface area contributed by atoms with Crippen molar-refractivity contribution in [3.63, 3.8) is 0 Å². The second kappa shape index (κ2) is 4.56. The van der Waals surface area contributed by atoms with Gasteiger partial charge < -0.3 is 4.90 Å². The van der Waals surface area contributed by atoms with Crippen LogP contribution in [0.2, 0.25) is 0 Å². The highest BCUT2D eigenvalue weighted by atomic mass is 15.2. The Bertz CT molecular complexity index is 723. The molecule has 1 N–H and O–H groups in total. The third-order valence-corrected chi connectivity index (χ3v) is 3.82. The van der Waals surface area contributed by atoms with Gasteiger partial charge in [0.05, 0.1) is 11.6 Å². The van der Waals surface area contributed by atoms with Crippen molar-refractivity contribution < 1.29 is 0 Å². The molecular weight excluding hydrogens is 252 g/mol. The fourth-order valence-electron chi connectivity index (χ4n) is 2.82. The zero-order valence-electron chi connectivity index (χ0n) is 10.9. The fourth-order valence-corrected chi connectivity index (χ4v) is 2.82. The van der Waals surface area contributed by atoms with Gasteiger partial charge in [-0.15, -0.1) is 0 Å². The molecule has 4 rings (SSSR count). The van der Waals surface area contributed by atoms with Gasteiger partial charge in [-0.3, -0.25) is 10.1 Å². The van der Waals surface area contributed by atoms with E-state index in [1.807, 2.05) is 18.3 Å². The maximum Gasteiger partial charge on any atom is 0.160 e. The molecule has 1 fully saturated rings. The molecule has 1 saturated heterocycles. The first-order valence-electron chi connectivity index (χ1n) is 6.72. The van der Waals surface area contributed by atoms with Gasteiger partial charge in [-0.25, -0.2) is 9.97 Å². The molecule has 0 radical (unpaired) electrons. The minimum atomic E-state index is 0.466. The van der Waals surface area contributed by atoms with Crippen molar-refractivity contribution >= 4 is 16.9 Å². The highest BCUT2D eigenvalue weighted by molar-refractivity contribution is 5.86. The molecule has 6 nitrogen and oxygen atoms in total. The normalized spacial score (nSPS) is 18.8. The molecule has 0 aromatic carbocycles. The van der Waals surface area contributed by atoms with E-state index in [9.17, 15) is 0 Å². The van der Waals surface area contributed by atoms with Crippen LogP contribution in [0.25, 0.3) is 11.0 Å². The fraction of sp³-hybridized carbons (Fsp3) is 0.286. The summed E-state index contributed by atoms with van der Waals surface area (Å²) in [5.41, 5.74) is 1.95. The standard InChI is InChI=1S/C14H14N6/c1-2-5-15-12(3-1)10-4-6-20(8-10)14-11-7-18-19-13(11)16-9-17-14/h1-3,5,7,9-10H,4,6,8H2,(H,16,17,18,19). The van der Waals surface area contributed by atoms with Crippen LogP contribution in [0, 0.1) is 0 Å². The zero-order chi connectivity index (χ0) is 13.4. The van der Waals surface area contributed by atoms with Gasteiger partial charge in [0, 0.05) is 30.9 Å². The minimum absolute atomic E-state index is 0.466. The van der Waals surface area contributed by atoms with Crippen molar-refractivity contribution in [1.82, 2.24) is 25.1 Å². The Labute approximate surface area is 115 Å². The first kappa shape index (κ1) is 11.3. The van der Waals surface area contributed by atoms with Crippen LogP contribution in [0.15, 0.2) is 36.9 Å². The summed E-state index contributed by atoms with van der Waals surface area (Å²) in [4.78, 5) is 15.4. The van der Waals surface area contributed by atoms with E-state index in [0.717, 1.165) is 42.1 Å². The van der Waals surface area contributed by atoms with Crippen LogP contribution in [-0.4, -0.2) is 38.2 Å². The lowest BCUT2D eigenvalue weighted by Crippen LogP contribution is -2.20. The number of anilines is 1. The number of aromatic nitrogens is 5. The van der Waals surface area contributed by atoms with Gasteiger partial charge in [0.15, 0.2) is 5.65 Å². The Morgan fingerprint density at radius 1 is 1.20 bits per heavy atom. The molecule has 3 aromatic heterocycles. The molecule has 1 unspecified atom stereocenters. The molecule has 0 saturated carbocycles. The van der Waals surface area contributed by atoms with Gasteiger partial charge in [0.25, 0.3) is 0 Å². The molecule has 0 amide bonds. The number of nitrogens with one attached hydrogen (secondary N) is 1. The second-order valence-electron chi connectivity index (χ2n) is 5.02. The average molecular weight is 266 g/mol. The van der Waals surface area contributed by atoms with Crippen molar-refractivity contribution in [1.29, 1.82) is 0 Å². The highest BCUT2D eigenvalue weighted by Crippen LogP contribution is 2.31. The second-order valence-corrected chi connectivity index (χ2v) is 5.02. The molecule has 1 atom stereocenters. The smallest absolute Gasteiger partial charge is 0.160 e. The Kier molecular flexibility index (Phi) is 2.58. The van der Waals surface area contributed by atoms with Crippen molar-refractivity contribution in [2.24, 2.45) is 0 Å². The SMILES string of the molecule is c1ccc(C2CCN(c3ncnc4[nH]ncc34)C2)nc1. The molecule has 100 valence electrons. The Balaban J connectivity index is 1.64. The first-order valence-corrected chi connectivity index (χ1v) is 6.72. The van der Waals surface area contributed by atoms with Crippen LogP contribution < -0.4 is 4.90 Å². The van der Waals surface area contributed by atoms with Crippen LogP contribution >= 0.6 is 0 Å². The van der Waals surface area contributed by atoms with Gasteiger partial charge in [-0.05, 0) is 18.6 Å². The lowest BCUT2D eigenvalue weighted by molar-refractivity contribution is 0.744. The molecule has 0 bridgehead atoms. The number of hydrogen-bond donors (Lipinski definition) is 1. The lowest BCUT2D eigenvalue weighted by Gasteiger charge is -2.17. The largest absolute Gasteiger partial charge is 0.355 e. The van der Waals surface area contributed by atoms with Crippen LogP contribution in [0.3, 0.4) is 0 Å². The summed E-state index contributed by atoms with van der Waals surface area (Å²) < 4.78 is 0. The molecule has 3 aromatic rings. The molecule has 6 heteroatoms. The molecule has 1 aliphatic rings. The van der Waals surface area contributed by atoms with E-state index in [1.54, 1.807) is 12.5 Å². The van der Waals surface area contributed by atoms with E-state index in [-0.39, 0.29) is 0 Å². The van der Waals surface area contributed by atoms with Crippen LogP contribution in [0.5, 0.6) is 0 Å². The van der Waals surface area contributed by atoms with Crippen molar-refractivity contribution in [2.45, 2.75) is 12.3 Å². The highest BCUT2D eigenvalue weighted by Gasteiger charge is 2.26. The summed E-state index contributed by atoms with van der Waals surface area (Å²) in [6.45, 7) is 1.92. The molecule has 4 heterocycles. The van der Waals surface area contributed by atoms with Crippen molar-refractivity contribution in [2.75, 3.05) is 18.0 Å². The van der Waals surface area contributed by atoms with Crippen molar-refractivity contribution in [3.05, 3.63) is 42.6 Å². The number of H-pyrrole nitrogens is 1. The van der Waals surface area contributed by atoms with E-state index in [4.69, 9.17) is 0 Å². The number of hydrogen-bond acceptors (Lipinski definition) is 5. The maximum absolute atomic E-state index is 4.46. The van der Waals surface area contributed by atoms with Gasteiger partial charge in [0.1, 0.15) is 12.1 Å². The number of fused-ring (bicyclic) bond motifs is 1. The number of nitrogens with zero attached hydrogens (tertiary/aromatic N) is 5. The van der Waals surface area contributed by atoms with E-state index in [0.29, 0.717) is 5.92 Å². The minimum Gasteiger partial charge on any atom is -0.355 e. The molecule has 1 aliphatic heterocycles. The summed E-state index contributed by atoms with van der Waals surface area (Å²) in [6, 6.07) is 6.10. The quantitative estimate of drug-likeness (QED) is 0.765. The summed E-state index contributed by atoms with van der Waals surface area (Å²) >= 11 is 0. The first-order chi connectivity index (χ1) is 9.92. The maximum atomic E-state index is 4.46. The lowest BCUT2D eigenvalue weighted by atomic mass is 10.0. The molecule has 0 spiro atoms. The molecular formula is C14H14N6. The Morgan fingerprint density at radius 3 is 3.10 bits per heavy atom. The Morgan fingerprint density at radius 2 is 2.20 bits per heavy atom. The monoisotopic (exact) mass is 266 g/mol. The zero-order valence-corrected chi connectivity index (χ0v) is 10.9. The van der Waals surface area contributed by atoms with E-state index in [2.05, 4.69) is 36.1 Å². The van der Waals surface area contributed by atoms with Crippen LogP contribution in [0.4, 0.5) is 5.82 Å². The van der Waals surface area contributed by atoms with E-state index >= 15 is 0 Å². The topological polar surface area (TPSA) is 70.6 Å². The summed E-state index contributed by atoms with van der Waals surface area (Å²) in [5.74, 6) is 1.43. The number of pyridine rings is 1. The number of rotatable bonds is 2. The predicted octanol–water partition coefficient (Wildman–Crippen LogP) is 1.74. The van der Waals surface area contributed by atoms with Crippen LogP contribution in [-0.2, 0) is 0 Å². The summed E-state index contributed by atoms with van der Waals surface area (Å²) in [5, 5.41) is 7.91. The Hall–Kier alpha value is -2.50. The molecule has 20 heavy (non-hydrogen) atoms. The molecule has 0 aliphatic carbocycles. The third-order valence-electron chi connectivity index (χ3n) is 3.82. The van der Waals surface area contributed by atoms with Gasteiger partial charge >= 0.3 is 0 Å². The van der Waals surface area contributed by atoms with Gasteiger partial charge in [0.2, 0.25) is 0 Å². The third kappa shape index (κ3) is 1.80. The summed E-state index contributed by atoms with van der Waals surface area (Å²) in [7, 11) is 0. The van der Waals surface area contributed by atoms with Gasteiger partial charge in [-0.2, -0.15) is 5.10 Å². The predicted molar refractivity (Wildman–Crippen MR) is 75.5 cm³/mol. The van der Waals surface area contributed by atoms with E-state index in [1.165, 1.54) is 0 Å². The van der Waals surface area contributed by atoms with Crippen molar-refractivity contribution in [3.8, 4) is 0 Å². The van der Waals surface area contributed by atoms with E-state index < -0.39 is 0 Å². The summed E-state index contributed by atoms with van der Waals surface area (Å²) in [6.07, 6.45) is 6.33. The average Bonchev–Trinajstić information content (AvgIpc) is 3.17. The van der Waals surface area contributed by atoms with Crippen LogP contribution in [0.1, 0.15) is 18.0 Å². The van der Waals surface area contributed by atoms with Gasteiger partial charge in [-0.1, -0.05) is 6.07 Å².